The average Bonchev–Trinajstić information content (AvgIpc) is 2.19. The van der Waals surface area contributed by atoms with Crippen molar-refractivity contribution in [3.05, 3.63) is 29.0 Å². The molecule has 0 spiro atoms. The molecule has 0 aromatic carbocycles. The molecule has 16 heavy (non-hydrogen) atoms. The first-order valence-corrected chi connectivity index (χ1v) is 5.56. The van der Waals surface area contributed by atoms with E-state index in [-0.39, 0.29) is 18.5 Å². The molecule has 0 saturated carbocycles. The van der Waals surface area contributed by atoms with Gasteiger partial charge in [-0.2, -0.15) is 0 Å². The van der Waals surface area contributed by atoms with Crippen LogP contribution < -0.4 is 10.6 Å². The van der Waals surface area contributed by atoms with E-state index in [9.17, 15) is 4.79 Å². The number of aromatic nitrogens is 1. The second-order valence-corrected chi connectivity index (χ2v) is 4.20. The van der Waals surface area contributed by atoms with Gasteiger partial charge >= 0.3 is 0 Å². The van der Waals surface area contributed by atoms with Crippen LogP contribution in [0.1, 0.15) is 19.4 Å². The van der Waals surface area contributed by atoms with Gasteiger partial charge in [0.25, 0.3) is 0 Å². The molecule has 1 rings (SSSR count). The minimum absolute atomic E-state index is 0.0137. The summed E-state index contributed by atoms with van der Waals surface area (Å²) < 4.78 is 0. The standard InChI is InChI=1S/C11H16ClN3O/c1-8(2)15-11(16)7-14-5-9-3-4-13-6-10(9)12/h3-4,6,8,14H,5,7H2,1-2H3,(H,15,16). The second kappa shape index (κ2) is 6.45. The third kappa shape index (κ3) is 4.59. The van der Waals surface area contributed by atoms with Crippen molar-refractivity contribution >= 4 is 17.5 Å². The van der Waals surface area contributed by atoms with Crippen molar-refractivity contribution in [3.63, 3.8) is 0 Å². The number of carbonyl (C=O) groups excluding carboxylic acids is 1. The van der Waals surface area contributed by atoms with E-state index in [1.807, 2.05) is 19.9 Å². The SMILES string of the molecule is CC(C)NC(=O)CNCc1ccncc1Cl. The monoisotopic (exact) mass is 241 g/mol. The minimum atomic E-state index is -0.0137. The summed E-state index contributed by atoms with van der Waals surface area (Å²) in [5.74, 6) is -0.0137. The number of nitrogens with zero attached hydrogens (tertiary/aromatic N) is 1. The Balaban J connectivity index is 2.31. The first-order valence-electron chi connectivity index (χ1n) is 5.18. The molecule has 1 amide bonds. The molecular weight excluding hydrogens is 226 g/mol. The molecule has 88 valence electrons. The molecule has 0 atom stereocenters. The van der Waals surface area contributed by atoms with Crippen molar-refractivity contribution in [2.45, 2.75) is 26.4 Å². The number of hydrogen-bond acceptors (Lipinski definition) is 3. The minimum Gasteiger partial charge on any atom is -0.353 e. The fourth-order valence-corrected chi connectivity index (χ4v) is 1.42. The van der Waals surface area contributed by atoms with E-state index >= 15 is 0 Å². The lowest BCUT2D eigenvalue weighted by Gasteiger charge is -2.09. The van der Waals surface area contributed by atoms with E-state index in [4.69, 9.17) is 11.6 Å². The molecule has 0 bridgehead atoms. The summed E-state index contributed by atoms with van der Waals surface area (Å²) in [6.07, 6.45) is 3.27. The number of amides is 1. The van der Waals surface area contributed by atoms with E-state index in [1.54, 1.807) is 12.4 Å². The summed E-state index contributed by atoms with van der Waals surface area (Å²) in [6, 6.07) is 1.99. The third-order valence-electron chi connectivity index (χ3n) is 1.91. The molecule has 0 aliphatic rings. The van der Waals surface area contributed by atoms with Gasteiger partial charge in [-0.15, -0.1) is 0 Å². The van der Waals surface area contributed by atoms with Crippen molar-refractivity contribution in [1.29, 1.82) is 0 Å². The normalized spacial score (nSPS) is 10.5. The van der Waals surface area contributed by atoms with E-state index in [1.165, 1.54) is 0 Å². The number of halogens is 1. The maximum absolute atomic E-state index is 11.3. The van der Waals surface area contributed by atoms with Gasteiger partial charge in [0.15, 0.2) is 0 Å². The summed E-state index contributed by atoms with van der Waals surface area (Å²) in [5.41, 5.74) is 0.939. The predicted octanol–water partition coefficient (Wildman–Crippen LogP) is 1.35. The van der Waals surface area contributed by atoms with Gasteiger partial charge in [0.2, 0.25) is 5.91 Å². The topological polar surface area (TPSA) is 54.0 Å². The highest BCUT2D eigenvalue weighted by Crippen LogP contribution is 2.12. The molecule has 1 aromatic heterocycles. The van der Waals surface area contributed by atoms with Crippen molar-refractivity contribution in [2.24, 2.45) is 0 Å². The van der Waals surface area contributed by atoms with Crippen LogP contribution in [0, 0.1) is 0 Å². The molecule has 0 aliphatic heterocycles. The zero-order chi connectivity index (χ0) is 12.0. The molecule has 0 aliphatic carbocycles. The van der Waals surface area contributed by atoms with Crippen LogP contribution in [0.2, 0.25) is 5.02 Å². The number of pyridine rings is 1. The third-order valence-corrected chi connectivity index (χ3v) is 2.25. The van der Waals surface area contributed by atoms with Gasteiger partial charge in [0.1, 0.15) is 0 Å². The smallest absolute Gasteiger partial charge is 0.234 e. The quantitative estimate of drug-likeness (QED) is 0.818. The molecule has 0 saturated heterocycles. The highest BCUT2D eigenvalue weighted by molar-refractivity contribution is 6.31. The van der Waals surface area contributed by atoms with Crippen LogP contribution in [0.3, 0.4) is 0 Å². The zero-order valence-corrected chi connectivity index (χ0v) is 10.2. The Morgan fingerprint density at radius 2 is 2.31 bits per heavy atom. The molecule has 2 N–H and O–H groups in total. The largest absolute Gasteiger partial charge is 0.353 e. The summed E-state index contributed by atoms with van der Waals surface area (Å²) in [5, 5.41) is 6.43. The fourth-order valence-electron chi connectivity index (χ4n) is 1.23. The first kappa shape index (κ1) is 12.9. The molecular formula is C11H16ClN3O. The second-order valence-electron chi connectivity index (χ2n) is 3.79. The number of rotatable bonds is 5. The molecule has 5 heteroatoms. The van der Waals surface area contributed by atoms with Crippen LogP contribution in [-0.2, 0) is 11.3 Å². The molecule has 1 heterocycles. The number of hydrogen-bond donors (Lipinski definition) is 2. The van der Waals surface area contributed by atoms with Crippen molar-refractivity contribution in [2.75, 3.05) is 6.54 Å². The lowest BCUT2D eigenvalue weighted by atomic mass is 10.2. The van der Waals surface area contributed by atoms with Crippen LogP contribution in [0.5, 0.6) is 0 Å². The van der Waals surface area contributed by atoms with E-state index in [2.05, 4.69) is 15.6 Å². The van der Waals surface area contributed by atoms with Gasteiger partial charge in [0.05, 0.1) is 11.6 Å². The summed E-state index contributed by atoms with van der Waals surface area (Å²) >= 11 is 5.92. The van der Waals surface area contributed by atoms with E-state index in [0.29, 0.717) is 11.6 Å². The Hall–Kier alpha value is -1.13. The lowest BCUT2D eigenvalue weighted by molar-refractivity contribution is -0.120. The van der Waals surface area contributed by atoms with E-state index in [0.717, 1.165) is 5.56 Å². The van der Waals surface area contributed by atoms with Gasteiger partial charge in [-0.05, 0) is 25.5 Å². The summed E-state index contributed by atoms with van der Waals surface area (Å²) in [7, 11) is 0. The van der Waals surface area contributed by atoms with Crippen molar-refractivity contribution < 1.29 is 4.79 Å². The van der Waals surface area contributed by atoms with Crippen molar-refractivity contribution in [3.8, 4) is 0 Å². The fraction of sp³-hybridized carbons (Fsp3) is 0.455. The van der Waals surface area contributed by atoms with Gasteiger partial charge in [-0.25, -0.2) is 0 Å². The van der Waals surface area contributed by atoms with Gasteiger partial charge < -0.3 is 10.6 Å². The highest BCUT2D eigenvalue weighted by Gasteiger charge is 2.03. The van der Waals surface area contributed by atoms with Crippen molar-refractivity contribution in [1.82, 2.24) is 15.6 Å². The van der Waals surface area contributed by atoms with Gasteiger partial charge in [-0.3, -0.25) is 9.78 Å². The molecule has 0 radical (unpaired) electrons. The Labute approximate surface area is 100 Å². The van der Waals surface area contributed by atoms with Gasteiger partial charge in [-0.1, -0.05) is 11.6 Å². The number of nitrogens with one attached hydrogen (secondary N) is 2. The maximum atomic E-state index is 11.3. The Morgan fingerprint density at radius 3 is 2.94 bits per heavy atom. The molecule has 0 unspecified atom stereocenters. The molecule has 0 fully saturated rings. The zero-order valence-electron chi connectivity index (χ0n) is 9.46. The predicted molar refractivity (Wildman–Crippen MR) is 64.2 cm³/mol. The highest BCUT2D eigenvalue weighted by atomic mass is 35.5. The van der Waals surface area contributed by atoms with Crippen LogP contribution in [0.4, 0.5) is 0 Å². The van der Waals surface area contributed by atoms with Crippen LogP contribution in [0.15, 0.2) is 18.5 Å². The average molecular weight is 242 g/mol. The molecule has 1 aromatic rings. The lowest BCUT2D eigenvalue weighted by Crippen LogP contribution is -2.37. The maximum Gasteiger partial charge on any atom is 0.234 e. The summed E-state index contributed by atoms with van der Waals surface area (Å²) in [6.45, 7) is 4.71. The number of carbonyl (C=O) groups is 1. The Morgan fingerprint density at radius 1 is 1.56 bits per heavy atom. The summed E-state index contributed by atoms with van der Waals surface area (Å²) in [4.78, 5) is 15.2. The van der Waals surface area contributed by atoms with Crippen LogP contribution in [0.25, 0.3) is 0 Å². The molecule has 4 nitrogen and oxygen atoms in total. The van der Waals surface area contributed by atoms with Crippen LogP contribution >= 0.6 is 11.6 Å². The first-order chi connectivity index (χ1) is 7.59. The van der Waals surface area contributed by atoms with Gasteiger partial charge in [0, 0.05) is 25.0 Å². The Kier molecular flexibility index (Phi) is 5.22. The van der Waals surface area contributed by atoms with E-state index < -0.39 is 0 Å². The Bertz CT molecular complexity index is 355. The van der Waals surface area contributed by atoms with Crippen LogP contribution in [-0.4, -0.2) is 23.5 Å².